The van der Waals surface area contributed by atoms with Crippen molar-refractivity contribution >= 4 is 23.0 Å². The Morgan fingerprint density at radius 3 is 2.77 bits per heavy atom. The van der Waals surface area contributed by atoms with Crippen molar-refractivity contribution in [2.75, 3.05) is 49.7 Å². The lowest BCUT2D eigenvalue weighted by Gasteiger charge is -2.49. The first-order valence-electron chi connectivity index (χ1n) is 10.7. The van der Waals surface area contributed by atoms with Crippen LogP contribution in [0.15, 0.2) is 48.5 Å². The lowest BCUT2D eigenvalue weighted by Crippen LogP contribution is -2.61. The summed E-state index contributed by atoms with van der Waals surface area (Å²) in [5.41, 5.74) is 3.10. The van der Waals surface area contributed by atoms with E-state index in [0.717, 1.165) is 43.0 Å². The summed E-state index contributed by atoms with van der Waals surface area (Å²) < 4.78 is 5.07. The number of nitro benzene ring substituents is 1. The number of carbonyl (C=O) groups is 1. The van der Waals surface area contributed by atoms with Gasteiger partial charge in [0.05, 0.1) is 16.9 Å². The van der Waals surface area contributed by atoms with Gasteiger partial charge in [0, 0.05) is 63.4 Å². The molecular formula is C23H28N4O4. The predicted molar refractivity (Wildman–Crippen MR) is 120 cm³/mol. The molecule has 2 aromatic carbocycles. The standard InChI is InChI=1S/C23H28N4O4/c1-31-13-5-10-24-23(28)20-15-17-14-19(27(29)30)8-9-21(17)26-12-11-25(16-22(20)26)18-6-3-2-4-7-18/h2-4,6-9,14,20,22H,5,10-13,15-16H2,1H3,(H,24,28)/t20-,22-/m0/s1. The van der Waals surface area contributed by atoms with Crippen molar-refractivity contribution in [2.24, 2.45) is 5.92 Å². The number of methoxy groups -OCH3 is 1. The maximum Gasteiger partial charge on any atom is 0.269 e. The number of para-hydroxylation sites is 1. The molecule has 0 saturated carbocycles. The number of benzene rings is 2. The number of rotatable bonds is 7. The van der Waals surface area contributed by atoms with Crippen molar-refractivity contribution in [3.05, 3.63) is 64.2 Å². The normalized spacial score (nSPS) is 20.0. The van der Waals surface area contributed by atoms with Gasteiger partial charge in [0.1, 0.15) is 0 Å². The highest BCUT2D eigenvalue weighted by molar-refractivity contribution is 5.82. The number of ether oxygens (including phenoxy) is 1. The molecule has 4 rings (SSSR count). The number of non-ortho nitro benzene ring substituents is 1. The van der Waals surface area contributed by atoms with Crippen LogP contribution in [0.3, 0.4) is 0 Å². The van der Waals surface area contributed by atoms with Crippen molar-refractivity contribution in [1.29, 1.82) is 0 Å². The van der Waals surface area contributed by atoms with Gasteiger partial charge in [0.25, 0.3) is 5.69 Å². The molecule has 2 aromatic rings. The second-order valence-corrected chi connectivity index (χ2v) is 8.06. The van der Waals surface area contributed by atoms with E-state index in [-0.39, 0.29) is 28.5 Å². The third-order valence-corrected chi connectivity index (χ3v) is 6.19. The summed E-state index contributed by atoms with van der Waals surface area (Å²) in [4.78, 5) is 28.7. The van der Waals surface area contributed by atoms with Gasteiger partial charge in [-0.25, -0.2) is 0 Å². The van der Waals surface area contributed by atoms with Crippen LogP contribution in [0.1, 0.15) is 12.0 Å². The van der Waals surface area contributed by atoms with E-state index in [1.54, 1.807) is 19.2 Å². The number of nitrogens with zero attached hydrogens (tertiary/aromatic N) is 3. The number of hydrogen-bond donors (Lipinski definition) is 1. The molecule has 0 bridgehead atoms. The van der Waals surface area contributed by atoms with Crippen molar-refractivity contribution in [1.82, 2.24) is 5.32 Å². The van der Waals surface area contributed by atoms with Gasteiger partial charge in [-0.1, -0.05) is 18.2 Å². The summed E-state index contributed by atoms with van der Waals surface area (Å²) in [6, 6.07) is 15.3. The molecule has 0 unspecified atom stereocenters. The summed E-state index contributed by atoms with van der Waals surface area (Å²) in [6.45, 7) is 3.48. The highest BCUT2D eigenvalue weighted by atomic mass is 16.6. The third-order valence-electron chi connectivity index (χ3n) is 6.19. The molecule has 0 spiro atoms. The summed E-state index contributed by atoms with van der Waals surface area (Å²) in [7, 11) is 1.64. The monoisotopic (exact) mass is 424 g/mol. The van der Waals surface area contributed by atoms with E-state index < -0.39 is 0 Å². The Kier molecular flexibility index (Phi) is 6.36. The highest BCUT2D eigenvalue weighted by Gasteiger charge is 2.42. The minimum atomic E-state index is -0.375. The molecule has 31 heavy (non-hydrogen) atoms. The van der Waals surface area contributed by atoms with E-state index in [4.69, 9.17) is 4.74 Å². The minimum Gasteiger partial charge on any atom is -0.385 e. The van der Waals surface area contributed by atoms with Crippen molar-refractivity contribution in [2.45, 2.75) is 18.9 Å². The highest BCUT2D eigenvalue weighted by Crippen LogP contribution is 2.38. The van der Waals surface area contributed by atoms with E-state index in [9.17, 15) is 14.9 Å². The van der Waals surface area contributed by atoms with Crippen molar-refractivity contribution in [3.63, 3.8) is 0 Å². The number of anilines is 2. The molecule has 2 aliphatic heterocycles. The molecule has 1 N–H and O–H groups in total. The van der Waals surface area contributed by atoms with Crippen LogP contribution in [0.5, 0.6) is 0 Å². The van der Waals surface area contributed by atoms with Crippen molar-refractivity contribution in [3.8, 4) is 0 Å². The Bertz CT molecular complexity index is 936. The van der Waals surface area contributed by atoms with Crippen LogP contribution < -0.4 is 15.1 Å². The molecule has 1 amide bonds. The van der Waals surface area contributed by atoms with Gasteiger partial charge >= 0.3 is 0 Å². The Morgan fingerprint density at radius 2 is 2.03 bits per heavy atom. The van der Waals surface area contributed by atoms with Gasteiger partial charge in [0.2, 0.25) is 5.91 Å². The maximum absolute atomic E-state index is 13.2. The number of nitro groups is 1. The largest absolute Gasteiger partial charge is 0.385 e. The zero-order chi connectivity index (χ0) is 21.8. The topological polar surface area (TPSA) is 87.9 Å². The van der Waals surface area contributed by atoms with Crippen LogP contribution in [0, 0.1) is 16.0 Å². The third kappa shape index (κ3) is 4.49. The van der Waals surface area contributed by atoms with Gasteiger partial charge in [-0.15, -0.1) is 0 Å². The van der Waals surface area contributed by atoms with Gasteiger partial charge in [-0.2, -0.15) is 0 Å². The van der Waals surface area contributed by atoms with Crippen LogP contribution in [0.25, 0.3) is 0 Å². The Hall–Kier alpha value is -3.13. The van der Waals surface area contributed by atoms with E-state index in [1.807, 2.05) is 24.3 Å². The van der Waals surface area contributed by atoms with Gasteiger partial charge in [0.15, 0.2) is 0 Å². The summed E-state index contributed by atoms with van der Waals surface area (Å²) in [5.74, 6) is -0.276. The second-order valence-electron chi connectivity index (χ2n) is 8.06. The lowest BCUT2D eigenvalue weighted by atomic mass is 9.83. The molecule has 2 aliphatic rings. The number of carbonyl (C=O) groups excluding carboxylic acids is 1. The van der Waals surface area contributed by atoms with Crippen LogP contribution in [-0.4, -0.2) is 56.8 Å². The molecule has 0 aliphatic carbocycles. The lowest BCUT2D eigenvalue weighted by molar-refractivity contribution is -0.384. The fourth-order valence-corrected chi connectivity index (χ4v) is 4.66. The molecule has 1 saturated heterocycles. The Labute approximate surface area is 181 Å². The van der Waals surface area contributed by atoms with E-state index in [2.05, 4.69) is 27.2 Å². The van der Waals surface area contributed by atoms with Crippen LogP contribution in [0.4, 0.5) is 17.1 Å². The summed E-state index contributed by atoms with van der Waals surface area (Å²) in [5, 5.41) is 14.3. The number of piperazine rings is 1. The average Bonchev–Trinajstić information content (AvgIpc) is 2.81. The first kappa shape index (κ1) is 21.1. The smallest absolute Gasteiger partial charge is 0.269 e. The first-order valence-corrected chi connectivity index (χ1v) is 10.7. The minimum absolute atomic E-state index is 0.00169. The molecule has 0 aromatic heterocycles. The summed E-state index contributed by atoms with van der Waals surface area (Å²) in [6.07, 6.45) is 1.25. The molecule has 1 fully saturated rings. The zero-order valence-corrected chi connectivity index (χ0v) is 17.7. The molecule has 0 radical (unpaired) electrons. The Balaban J connectivity index is 1.60. The number of fused-ring (bicyclic) bond motifs is 3. The summed E-state index contributed by atoms with van der Waals surface area (Å²) >= 11 is 0. The van der Waals surface area contributed by atoms with Gasteiger partial charge in [-0.3, -0.25) is 14.9 Å². The number of hydrogen-bond acceptors (Lipinski definition) is 6. The second kappa shape index (κ2) is 9.34. The van der Waals surface area contributed by atoms with E-state index >= 15 is 0 Å². The molecule has 8 nitrogen and oxygen atoms in total. The fraction of sp³-hybridized carbons (Fsp3) is 0.435. The fourth-order valence-electron chi connectivity index (χ4n) is 4.66. The zero-order valence-electron chi connectivity index (χ0n) is 17.7. The van der Waals surface area contributed by atoms with Gasteiger partial charge < -0.3 is 19.9 Å². The van der Waals surface area contributed by atoms with Crippen molar-refractivity contribution < 1.29 is 14.5 Å². The molecular weight excluding hydrogens is 396 g/mol. The quantitative estimate of drug-likeness (QED) is 0.418. The van der Waals surface area contributed by atoms with Gasteiger partial charge in [-0.05, 0) is 36.6 Å². The average molecular weight is 425 g/mol. The molecule has 8 heteroatoms. The maximum atomic E-state index is 13.2. The van der Waals surface area contributed by atoms with E-state index in [1.165, 1.54) is 0 Å². The SMILES string of the molecule is COCCCNC(=O)[C@H]1Cc2cc([N+](=O)[O-])ccc2N2CCN(c3ccccc3)C[C@@H]12. The number of amides is 1. The molecule has 2 atom stereocenters. The number of nitrogens with one attached hydrogen (secondary N) is 1. The predicted octanol–water partition coefficient (Wildman–Crippen LogP) is 2.62. The molecule has 2 heterocycles. The van der Waals surface area contributed by atoms with Crippen LogP contribution in [-0.2, 0) is 16.0 Å². The first-order chi connectivity index (χ1) is 15.1. The van der Waals surface area contributed by atoms with E-state index in [0.29, 0.717) is 19.6 Å². The van der Waals surface area contributed by atoms with Crippen LogP contribution >= 0.6 is 0 Å². The Morgan fingerprint density at radius 1 is 1.23 bits per heavy atom. The molecule has 164 valence electrons. The van der Waals surface area contributed by atoms with Crippen LogP contribution in [0.2, 0.25) is 0 Å².